The van der Waals surface area contributed by atoms with Crippen molar-refractivity contribution >= 4 is 5.82 Å². The molecule has 1 aromatic heterocycles. The van der Waals surface area contributed by atoms with E-state index in [4.69, 9.17) is 0 Å². The van der Waals surface area contributed by atoms with Crippen molar-refractivity contribution in [1.29, 1.82) is 0 Å². The largest absolute Gasteiger partial charge is 0.304 e. The van der Waals surface area contributed by atoms with Crippen molar-refractivity contribution < 1.29 is 0 Å². The molecule has 0 atom stereocenters. The lowest BCUT2D eigenvalue weighted by atomic mass is 10.3. The van der Waals surface area contributed by atoms with Gasteiger partial charge in [0.05, 0.1) is 0 Å². The molecule has 0 amide bonds. The molecule has 0 fully saturated rings. The Labute approximate surface area is 65.4 Å². The zero-order valence-corrected chi connectivity index (χ0v) is 6.57. The van der Waals surface area contributed by atoms with E-state index in [1.165, 1.54) is 17.7 Å². The Morgan fingerprint density at radius 1 is 1.45 bits per heavy atom. The fraction of sp³-hybridized carbons (Fsp3) is 0.571. The van der Waals surface area contributed by atoms with Crippen molar-refractivity contribution in [2.75, 3.05) is 12.5 Å². The number of H-pyrrole nitrogens is 1. The van der Waals surface area contributed by atoms with Crippen molar-refractivity contribution in [1.82, 2.24) is 15.6 Å². The van der Waals surface area contributed by atoms with Gasteiger partial charge in [0, 0.05) is 18.3 Å². The highest BCUT2D eigenvalue weighted by molar-refractivity contribution is 5.47. The Balaban J connectivity index is 2.27. The number of anilines is 1. The van der Waals surface area contributed by atoms with Crippen LogP contribution in [0.2, 0.25) is 0 Å². The first-order valence-corrected chi connectivity index (χ1v) is 3.90. The van der Waals surface area contributed by atoms with Crippen molar-refractivity contribution in [3.63, 3.8) is 0 Å². The first-order chi connectivity index (χ1) is 5.42. The van der Waals surface area contributed by atoms with Crippen LogP contribution < -0.4 is 10.9 Å². The van der Waals surface area contributed by atoms with E-state index in [1.54, 1.807) is 0 Å². The molecule has 2 rings (SSSR count). The van der Waals surface area contributed by atoms with E-state index in [2.05, 4.69) is 21.0 Å². The van der Waals surface area contributed by atoms with Crippen LogP contribution in [0, 0.1) is 0 Å². The van der Waals surface area contributed by atoms with Crippen molar-refractivity contribution in [2.45, 2.75) is 19.3 Å². The molecule has 1 heterocycles. The van der Waals surface area contributed by atoms with Crippen LogP contribution in [0.25, 0.3) is 0 Å². The van der Waals surface area contributed by atoms with Gasteiger partial charge in [-0.3, -0.25) is 5.10 Å². The summed E-state index contributed by atoms with van der Waals surface area (Å²) in [5.74, 6) is 0.958. The van der Waals surface area contributed by atoms with Gasteiger partial charge in [-0.25, -0.2) is 5.43 Å². The molecule has 60 valence electrons. The summed E-state index contributed by atoms with van der Waals surface area (Å²) in [5, 5.41) is 7.15. The van der Waals surface area contributed by atoms with Gasteiger partial charge in [0.25, 0.3) is 0 Å². The normalized spacial score (nSPS) is 15.0. The predicted molar refractivity (Wildman–Crippen MR) is 43.3 cm³/mol. The monoisotopic (exact) mass is 152 g/mol. The summed E-state index contributed by atoms with van der Waals surface area (Å²) in [6.45, 7) is 0. The summed E-state index contributed by atoms with van der Waals surface area (Å²) in [7, 11) is 1.84. The molecule has 1 aliphatic carbocycles. The molecule has 0 saturated carbocycles. The van der Waals surface area contributed by atoms with Crippen LogP contribution in [0.15, 0.2) is 0 Å². The lowest BCUT2D eigenvalue weighted by Gasteiger charge is -1.99. The maximum Gasteiger partial charge on any atom is 0.165 e. The van der Waals surface area contributed by atoms with Gasteiger partial charge in [0.1, 0.15) is 0 Å². The smallest absolute Gasteiger partial charge is 0.165 e. The lowest BCUT2D eigenvalue weighted by Crippen LogP contribution is -2.16. The summed E-state index contributed by atoms with van der Waals surface area (Å²) in [4.78, 5) is 0. The maximum atomic E-state index is 4.13. The molecule has 4 nitrogen and oxygen atoms in total. The minimum Gasteiger partial charge on any atom is -0.304 e. The van der Waals surface area contributed by atoms with Gasteiger partial charge in [0.2, 0.25) is 0 Å². The number of nitrogens with one attached hydrogen (secondary N) is 3. The molecule has 0 aliphatic heterocycles. The average Bonchev–Trinajstić information content (AvgIpc) is 2.53. The topological polar surface area (TPSA) is 52.7 Å². The molecule has 0 aromatic carbocycles. The van der Waals surface area contributed by atoms with E-state index in [0.717, 1.165) is 18.7 Å². The van der Waals surface area contributed by atoms with Crippen LogP contribution in [-0.4, -0.2) is 17.2 Å². The minimum absolute atomic E-state index is 0.958. The highest BCUT2D eigenvalue weighted by atomic mass is 15.4. The van der Waals surface area contributed by atoms with Crippen molar-refractivity contribution in [2.24, 2.45) is 0 Å². The number of fused-ring (bicyclic) bond motifs is 1. The Bertz CT molecular complexity index is 253. The third-order valence-corrected chi connectivity index (χ3v) is 2.05. The number of hydrazine groups is 1. The molecule has 0 unspecified atom stereocenters. The van der Waals surface area contributed by atoms with Gasteiger partial charge in [0.15, 0.2) is 5.82 Å². The lowest BCUT2D eigenvalue weighted by molar-refractivity contribution is 0.855. The molecule has 11 heavy (non-hydrogen) atoms. The molecular formula is C7H12N4. The molecule has 0 radical (unpaired) electrons. The first kappa shape index (κ1) is 6.67. The number of nitrogens with zero attached hydrogens (tertiary/aromatic N) is 1. The molecular weight excluding hydrogens is 140 g/mol. The standard InChI is InChI=1S/C7H12N4/c1-8-10-7-5-3-2-4-6(5)9-11-7/h8H,2-4H2,1H3,(H2,9,10,11). The quantitative estimate of drug-likeness (QED) is 0.539. The van der Waals surface area contributed by atoms with E-state index in [9.17, 15) is 0 Å². The highest BCUT2D eigenvalue weighted by Crippen LogP contribution is 2.25. The van der Waals surface area contributed by atoms with E-state index >= 15 is 0 Å². The van der Waals surface area contributed by atoms with Crippen LogP contribution in [0.3, 0.4) is 0 Å². The number of hydrogen-bond donors (Lipinski definition) is 3. The highest BCUT2D eigenvalue weighted by Gasteiger charge is 2.17. The van der Waals surface area contributed by atoms with E-state index < -0.39 is 0 Å². The van der Waals surface area contributed by atoms with Gasteiger partial charge >= 0.3 is 0 Å². The van der Waals surface area contributed by atoms with Crippen LogP contribution in [0.4, 0.5) is 5.82 Å². The van der Waals surface area contributed by atoms with Gasteiger partial charge in [-0.1, -0.05) is 0 Å². The summed E-state index contributed by atoms with van der Waals surface area (Å²) in [6, 6.07) is 0. The minimum atomic E-state index is 0.958. The van der Waals surface area contributed by atoms with Crippen LogP contribution in [0.1, 0.15) is 17.7 Å². The average molecular weight is 152 g/mol. The summed E-state index contributed by atoms with van der Waals surface area (Å²) in [5.41, 5.74) is 8.50. The summed E-state index contributed by atoms with van der Waals surface area (Å²) >= 11 is 0. The molecule has 1 aliphatic rings. The molecule has 0 bridgehead atoms. The fourth-order valence-corrected chi connectivity index (χ4v) is 1.54. The Hall–Kier alpha value is -1.03. The zero-order valence-electron chi connectivity index (χ0n) is 6.57. The van der Waals surface area contributed by atoms with E-state index in [1.807, 2.05) is 7.05 Å². The first-order valence-electron chi connectivity index (χ1n) is 3.90. The Morgan fingerprint density at radius 3 is 3.18 bits per heavy atom. The summed E-state index contributed by atoms with van der Waals surface area (Å²) in [6.07, 6.45) is 3.55. The van der Waals surface area contributed by atoms with Crippen LogP contribution in [0.5, 0.6) is 0 Å². The number of aromatic nitrogens is 2. The van der Waals surface area contributed by atoms with Crippen LogP contribution >= 0.6 is 0 Å². The second-order valence-electron chi connectivity index (χ2n) is 2.76. The zero-order chi connectivity index (χ0) is 7.68. The van der Waals surface area contributed by atoms with Crippen LogP contribution in [-0.2, 0) is 12.8 Å². The Kier molecular flexibility index (Phi) is 1.54. The van der Waals surface area contributed by atoms with Crippen molar-refractivity contribution in [3.8, 4) is 0 Å². The second kappa shape index (κ2) is 2.54. The van der Waals surface area contributed by atoms with E-state index in [0.29, 0.717) is 0 Å². The fourth-order valence-electron chi connectivity index (χ4n) is 1.54. The second-order valence-corrected chi connectivity index (χ2v) is 2.76. The third-order valence-electron chi connectivity index (χ3n) is 2.05. The molecule has 1 aromatic rings. The van der Waals surface area contributed by atoms with Gasteiger partial charge in [-0.15, -0.1) is 0 Å². The van der Waals surface area contributed by atoms with Gasteiger partial charge < -0.3 is 5.43 Å². The summed E-state index contributed by atoms with van der Waals surface area (Å²) < 4.78 is 0. The molecule has 4 heteroatoms. The number of rotatable bonds is 2. The van der Waals surface area contributed by atoms with Crippen molar-refractivity contribution in [3.05, 3.63) is 11.3 Å². The van der Waals surface area contributed by atoms with Gasteiger partial charge in [-0.2, -0.15) is 5.10 Å². The Morgan fingerprint density at radius 2 is 2.36 bits per heavy atom. The maximum absolute atomic E-state index is 4.13. The third kappa shape index (κ3) is 0.991. The predicted octanol–water partition coefficient (Wildman–Crippen LogP) is 0.445. The molecule has 0 saturated heterocycles. The molecule has 3 N–H and O–H groups in total. The molecule has 0 spiro atoms. The van der Waals surface area contributed by atoms with E-state index in [-0.39, 0.29) is 0 Å². The number of aromatic amines is 1. The number of aryl methyl sites for hydroxylation is 1. The SMILES string of the molecule is CNNc1n[nH]c2c1CCC2. The number of hydrogen-bond acceptors (Lipinski definition) is 3. The van der Waals surface area contributed by atoms with Gasteiger partial charge in [-0.05, 0) is 19.3 Å².